The molecular weight excluding hydrogens is 332 g/mol. The fourth-order valence-corrected chi connectivity index (χ4v) is 3.50. The van der Waals surface area contributed by atoms with Gasteiger partial charge in [0.1, 0.15) is 12.4 Å². The third-order valence-corrected chi connectivity index (χ3v) is 4.85. The summed E-state index contributed by atoms with van der Waals surface area (Å²) >= 11 is 6.88. The van der Waals surface area contributed by atoms with Crippen LogP contribution in [0.15, 0.2) is 49.1 Å². The van der Waals surface area contributed by atoms with Gasteiger partial charge in [-0.1, -0.05) is 80.6 Å². The number of hydrogen-bond acceptors (Lipinski definition) is 1. The maximum Gasteiger partial charge on any atom is 0.128 e. The molecule has 0 aliphatic carbocycles. The van der Waals surface area contributed by atoms with Gasteiger partial charge in [0.25, 0.3) is 0 Å². The second-order valence-corrected chi connectivity index (χ2v) is 8.01. The van der Waals surface area contributed by atoms with Gasteiger partial charge >= 0.3 is 0 Å². The van der Waals surface area contributed by atoms with Gasteiger partial charge in [-0.3, -0.25) is 0 Å². The van der Waals surface area contributed by atoms with Crippen LogP contribution in [0.3, 0.4) is 0 Å². The van der Waals surface area contributed by atoms with Crippen LogP contribution in [0.5, 0.6) is 5.75 Å². The van der Waals surface area contributed by atoms with Crippen LogP contribution in [-0.4, -0.2) is 16.8 Å². The van der Waals surface area contributed by atoms with Crippen LogP contribution in [-0.2, 0) is 5.41 Å². The quantitative estimate of drug-likeness (QED) is 0.417. The molecule has 0 saturated carbocycles. The van der Waals surface area contributed by atoms with Crippen molar-refractivity contribution in [2.24, 2.45) is 0 Å². The molecule has 0 bridgehead atoms. The highest BCUT2D eigenvalue weighted by Gasteiger charge is 2.26. The standard InChI is InChI=1S/C21H24ClOSi/c1-6-11-23-20-16(12-14(2)13-17(20)21(3,4)5)19(22)15-9-7-8-10-18(15)24/h6-10,12-13,19H,1,11H2,2-5H3. The molecule has 2 rings (SSSR count). The first-order valence-corrected chi connectivity index (χ1v) is 9.02. The summed E-state index contributed by atoms with van der Waals surface area (Å²) < 4.78 is 6.06. The van der Waals surface area contributed by atoms with Gasteiger partial charge in [-0.25, -0.2) is 0 Å². The molecule has 3 radical (unpaired) electrons. The van der Waals surface area contributed by atoms with Gasteiger partial charge in [0.05, 0.1) is 15.6 Å². The third kappa shape index (κ3) is 4.11. The van der Waals surface area contributed by atoms with Gasteiger partial charge in [0, 0.05) is 11.1 Å². The lowest BCUT2D eigenvalue weighted by Crippen LogP contribution is -2.17. The molecule has 0 fully saturated rings. The summed E-state index contributed by atoms with van der Waals surface area (Å²) in [7, 11) is 3.66. The predicted molar refractivity (Wildman–Crippen MR) is 105 cm³/mol. The molecule has 0 heterocycles. The molecule has 2 aromatic rings. The molecule has 125 valence electrons. The van der Waals surface area contributed by atoms with Crippen LogP contribution in [0.25, 0.3) is 0 Å². The second-order valence-electron chi connectivity index (χ2n) is 7.03. The highest BCUT2D eigenvalue weighted by molar-refractivity contribution is 6.35. The summed E-state index contributed by atoms with van der Waals surface area (Å²) in [6, 6.07) is 12.3. The van der Waals surface area contributed by atoms with Crippen molar-refractivity contribution in [2.75, 3.05) is 6.61 Å². The number of aryl methyl sites for hydroxylation is 1. The van der Waals surface area contributed by atoms with Crippen molar-refractivity contribution in [3.05, 3.63) is 71.3 Å². The Kier molecular flexibility index (Phi) is 5.95. The average Bonchev–Trinajstić information content (AvgIpc) is 2.52. The lowest BCUT2D eigenvalue weighted by atomic mass is 9.83. The largest absolute Gasteiger partial charge is 0.489 e. The highest BCUT2D eigenvalue weighted by atomic mass is 35.5. The Labute approximate surface area is 154 Å². The smallest absolute Gasteiger partial charge is 0.128 e. The van der Waals surface area contributed by atoms with E-state index in [0.717, 1.165) is 27.6 Å². The topological polar surface area (TPSA) is 9.23 Å². The molecule has 0 saturated heterocycles. The molecule has 0 spiro atoms. The van der Waals surface area contributed by atoms with E-state index in [-0.39, 0.29) is 10.8 Å². The maximum atomic E-state index is 6.88. The van der Waals surface area contributed by atoms with E-state index in [1.807, 2.05) is 24.3 Å². The van der Waals surface area contributed by atoms with Crippen LogP contribution in [0, 0.1) is 6.92 Å². The van der Waals surface area contributed by atoms with Gasteiger partial charge in [-0.2, -0.15) is 0 Å². The van der Waals surface area contributed by atoms with E-state index in [1.54, 1.807) is 6.08 Å². The zero-order chi connectivity index (χ0) is 17.9. The Hall–Kier alpha value is -1.51. The highest BCUT2D eigenvalue weighted by Crippen LogP contribution is 2.41. The Morgan fingerprint density at radius 3 is 2.46 bits per heavy atom. The zero-order valence-corrected chi connectivity index (χ0v) is 16.6. The summed E-state index contributed by atoms with van der Waals surface area (Å²) in [6.45, 7) is 12.9. The summed E-state index contributed by atoms with van der Waals surface area (Å²) in [4.78, 5) is 0. The molecule has 0 aliphatic heterocycles. The van der Waals surface area contributed by atoms with Gasteiger partial charge in [0.2, 0.25) is 0 Å². The average molecular weight is 356 g/mol. The SMILES string of the molecule is C=CCOc1c(C(Cl)c2ccccc2[Si])cc(C)cc1C(C)(C)C. The van der Waals surface area contributed by atoms with E-state index in [0.29, 0.717) is 6.61 Å². The zero-order valence-electron chi connectivity index (χ0n) is 14.8. The minimum Gasteiger partial charge on any atom is -0.489 e. The molecule has 3 heteroatoms. The molecular formula is C21H24ClOSi. The molecule has 1 atom stereocenters. The lowest BCUT2D eigenvalue weighted by Gasteiger charge is -2.27. The number of halogens is 1. The minimum atomic E-state index is -0.292. The van der Waals surface area contributed by atoms with Gasteiger partial charge in [0.15, 0.2) is 0 Å². The first-order chi connectivity index (χ1) is 11.3. The van der Waals surface area contributed by atoms with Crippen LogP contribution >= 0.6 is 11.6 Å². The minimum absolute atomic E-state index is 0.0403. The second kappa shape index (κ2) is 7.58. The molecule has 0 aliphatic rings. The lowest BCUT2D eigenvalue weighted by molar-refractivity contribution is 0.347. The van der Waals surface area contributed by atoms with Gasteiger partial charge in [-0.15, -0.1) is 11.6 Å². The maximum absolute atomic E-state index is 6.88. The van der Waals surface area contributed by atoms with E-state index in [1.165, 1.54) is 5.56 Å². The third-order valence-electron chi connectivity index (χ3n) is 3.92. The fourth-order valence-electron chi connectivity index (χ4n) is 2.74. The Balaban J connectivity index is 2.65. The first-order valence-electron chi connectivity index (χ1n) is 8.09. The monoisotopic (exact) mass is 355 g/mol. The summed E-state index contributed by atoms with van der Waals surface area (Å²) in [5, 5.41) is 0.700. The Morgan fingerprint density at radius 1 is 1.21 bits per heavy atom. The van der Waals surface area contributed by atoms with Crippen molar-refractivity contribution in [1.29, 1.82) is 0 Å². The van der Waals surface area contributed by atoms with Crippen LogP contribution < -0.4 is 9.92 Å². The van der Waals surface area contributed by atoms with Crippen molar-refractivity contribution in [3.63, 3.8) is 0 Å². The Morgan fingerprint density at radius 2 is 1.88 bits per heavy atom. The van der Waals surface area contributed by atoms with Crippen LogP contribution in [0.1, 0.15) is 48.4 Å². The van der Waals surface area contributed by atoms with Crippen molar-refractivity contribution in [3.8, 4) is 5.75 Å². The van der Waals surface area contributed by atoms with Gasteiger partial charge in [-0.05, 0) is 17.9 Å². The predicted octanol–water partition coefficient (Wildman–Crippen LogP) is 4.98. The van der Waals surface area contributed by atoms with Crippen LogP contribution in [0.4, 0.5) is 0 Å². The fraction of sp³-hybridized carbons (Fsp3) is 0.333. The molecule has 0 aromatic heterocycles. The van der Waals surface area contributed by atoms with Crippen molar-refractivity contribution in [2.45, 2.75) is 38.5 Å². The number of benzene rings is 2. The van der Waals surface area contributed by atoms with E-state index in [9.17, 15) is 0 Å². The van der Waals surface area contributed by atoms with Gasteiger partial charge < -0.3 is 4.74 Å². The molecule has 24 heavy (non-hydrogen) atoms. The molecule has 1 nitrogen and oxygen atoms in total. The normalized spacial score (nSPS) is 12.8. The van der Waals surface area contributed by atoms with E-state index in [4.69, 9.17) is 16.3 Å². The van der Waals surface area contributed by atoms with Crippen molar-refractivity contribution < 1.29 is 4.74 Å². The van der Waals surface area contributed by atoms with E-state index in [2.05, 4.69) is 56.6 Å². The number of hydrogen-bond donors (Lipinski definition) is 0. The number of alkyl halides is 1. The van der Waals surface area contributed by atoms with Crippen molar-refractivity contribution in [1.82, 2.24) is 0 Å². The summed E-state index contributed by atoms with van der Waals surface area (Å²) in [5.41, 5.74) is 4.33. The summed E-state index contributed by atoms with van der Waals surface area (Å²) in [6.07, 6.45) is 1.76. The molecule has 1 unspecified atom stereocenters. The summed E-state index contributed by atoms with van der Waals surface area (Å²) in [5.74, 6) is 0.864. The number of rotatable bonds is 5. The first kappa shape index (κ1) is 18.8. The molecule has 0 amide bonds. The van der Waals surface area contributed by atoms with Crippen molar-refractivity contribution >= 4 is 27.0 Å². The molecule has 2 aromatic carbocycles. The number of ether oxygens (including phenoxy) is 1. The Bertz CT molecular complexity index is 731. The van der Waals surface area contributed by atoms with E-state index < -0.39 is 0 Å². The van der Waals surface area contributed by atoms with Crippen LogP contribution in [0.2, 0.25) is 0 Å². The molecule has 0 N–H and O–H groups in total. The van der Waals surface area contributed by atoms with E-state index >= 15 is 0 Å².